The number of aryl methyl sites for hydroxylation is 2. The van der Waals surface area contributed by atoms with Gasteiger partial charge in [0.2, 0.25) is 0 Å². The smallest absolute Gasteiger partial charge is 0.179 e. The quantitative estimate of drug-likeness (QED) is 0.230. The van der Waals surface area contributed by atoms with Gasteiger partial charge in [-0.3, -0.25) is 0 Å². The SMILES string of the molecule is Cc1ccccc1-n1nc(C)c2c1N=C1C(Nc3ccc(Br)cc3)=Nc3ccccc3N1[C@@H]2c1ccccc1F. The maximum atomic E-state index is 15.7. The van der Waals surface area contributed by atoms with Crippen LogP contribution in [0.3, 0.4) is 0 Å². The third kappa shape index (κ3) is 3.95. The van der Waals surface area contributed by atoms with Crippen molar-refractivity contribution in [3.05, 3.63) is 130 Å². The van der Waals surface area contributed by atoms with Crippen LogP contribution in [0.25, 0.3) is 5.69 Å². The fraction of sp³-hybridized carbons (Fsp3) is 0.0938. The molecule has 4 aromatic carbocycles. The predicted molar refractivity (Wildman–Crippen MR) is 162 cm³/mol. The zero-order chi connectivity index (χ0) is 27.4. The van der Waals surface area contributed by atoms with E-state index in [2.05, 4.69) is 26.1 Å². The summed E-state index contributed by atoms with van der Waals surface area (Å²) in [5, 5.41) is 8.43. The molecule has 0 radical (unpaired) electrons. The minimum absolute atomic E-state index is 0.287. The van der Waals surface area contributed by atoms with Crippen LogP contribution in [-0.2, 0) is 0 Å². The van der Waals surface area contributed by atoms with Crippen LogP contribution in [0.5, 0.6) is 0 Å². The molecular formula is C32H24BrFN6. The number of hydrogen-bond donors (Lipinski definition) is 1. The number of hydrogen-bond acceptors (Lipinski definition) is 5. The Morgan fingerprint density at radius 3 is 2.27 bits per heavy atom. The molecule has 1 aromatic heterocycles. The number of amidine groups is 2. The van der Waals surface area contributed by atoms with E-state index in [9.17, 15) is 0 Å². The van der Waals surface area contributed by atoms with Gasteiger partial charge >= 0.3 is 0 Å². The molecule has 3 heterocycles. The standard InChI is InChI=1S/C32H24BrFN6/c1-19-9-3-7-13-26(19)40-31-28(20(2)38-40)29(23-10-4-5-11-24(23)34)39-27-14-8-6-12-25(27)36-30(32(39)37-31)35-22-17-15-21(33)16-18-22/h3-18,29H,1-2H3,(H,35,36)/t29-/m1/s1. The molecule has 40 heavy (non-hydrogen) atoms. The Labute approximate surface area is 239 Å². The van der Waals surface area contributed by atoms with Gasteiger partial charge in [-0.25, -0.2) is 19.1 Å². The summed E-state index contributed by atoms with van der Waals surface area (Å²) < 4.78 is 18.5. The molecule has 0 saturated heterocycles. The third-order valence-electron chi connectivity index (χ3n) is 7.29. The molecule has 196 valence electrons. The van der Waals surface area contributed by atoms with Crippen LogP contribution in [-0.4, -0.2) is 21.5 Å². The average Bonchev–Trinajstić information content (AvgIpc) is 3.29. The Hall–Kier alpha value is -4.56. The Kier molecular flexibility index (Phi) is 5.86. The van der Waals surface area contributed by atoms with Crippen molar-refractivity contribution in [1.82, 2.24) is 9.78 Å². The van der Waals surface area contributed by atoms with E-state index >= 15 is 4.39 Å². The highest BCUT2D eigenvalue weighted by molar-refractivity contribution is 9.10. The molecule has 0 aliphatic carbocycles. The minimum atomic E-state index is -0.514. The Balaban J connectivity index is 1.52. The topological polar surface area (TPSA) is 57.8 Å². The molecule has 2 aliphatic rings. The summed E-state index contributed by atoms with van der Waals surface area (Å²) in [7, 11) is 0. The summed E-state index contributed by atoms with van der Waals surface area (Å²) in [6.07, 6.45) is 0. The normalized spacial score (nSPS) is 15.5. The number of aromatic nitrogens is 2. The monoisotopic (exact) mass is 590 g/mol. The summed E-state index contributed by atoms with van der Waals surface area (Å²) in [5.74, 6) is 1.54. The van der Waals surface area contributed by atoms with Gasteiger partial charge in [-0.1, -0.05) is 64.5 Å². The molecular weight excluding hydrogens is 567 g/mol. The van der Waals surface area contributed by atoms with Crippen molar-refractivity contribution < 1.29 is 4.39 Å². The second-order valence-corrected chi connectivity index (χ2v) is 10.7. The second-order valence-electron chi connectivity index (χ2n) is 9.83. The number of para-hydroxylation sites is 3. The first kappa shape index (κ1) is 24.5. The number of fused-ring (bicyclic) bond motifs is 4. The van der Waals surface area contributed by atoms with Crippen molar-refractivity contribution in [2.45, 2.75) is 19.9 Å². The first-order chi connectivity index (χ1) is 19.5. The fourth-order valence-corrected chi connectivity index (χ4v) is 5.69. The van der Waals surface area contributed by atoms with E-state index in [0.717, 1.165) is 44.0 Å². The van der Waals surface area contributed by atoms with E-state index in [1.165, 1.54) is 6.07 Å². The molecule has 0 fully saturated rings. The molecule has 0 saturated carbocycles. The van der Waals surface area contributed by atoms with Gasteiger partial charge < -0.3 is 10.2 Å². The first-order valence-corrected chi connectivity index (χ1v) is 13.8. The molecule has 6 nitrogen and oxygen atoms in total. The van der Waals surface area contributed by atoms with Gasteiger partial charge in [0.25, 0.3) is 0 Å². The van der Waals surface area contributed by atoms with Gasteiger partial charge in [-0.2, -0.15) is 5.10 Å². The number of benzene rings is 4. The van der Waals surface area contributed by atoms with Gasteiger partial charge in [0, 0.05) is 21.3 Å². The molecule has 1 N–H and O–H groups in total. The van der Waals surface area contributed by atoms with Crippen LogP contribution >= 0.6 is 15.9 Å². The molecule has 1 atom stereocenters. The molecule has 8 heteroatoms. The average molecular weight is 591 g/mol. The van der Waals surface area contributed by atoms with E-state index in [1.807, 2.05) is 103 Å². The fourth-order valence-electron chi connectivity index (χ4n) is 5.43. The molecule has 2 aliphatic heterocycles. The van der Waals surface area contributed by atoms with Crippen LogP contribution in [0.1, 0.15) is 28.4 Å². The van der Waals surface area contributed by atoms with Crippen LogP contribution in [0.15, 0.2) is 112 Å². The lowest BCUT2D eigenvalue weighted by Gasteiger charge is -2.40. The van der Waals surface area contributed by atoms with Crippen molar-refractivity contribution in [2.24, 2.45) is 9.98 Å². The lowest BCUT2D eigenvalue weighted by molar-refractivity contribution is 0.597. The number of halogens is 2. The predicted octanol–water partition coefficient (Wildman–Crippen LogP) is 8.19. The van der Waals surface area contributed by atoms with Gasteiger partial charge in [0.1, 0.15) is 5.82 Å². The highest BCUT2D eigenvalue weighted by Gasteiger charge is 2.42. The van der Waals surface area contributed by atoms with Crippen molar-refractivity contribution in [1.29, 1.82) is 0 Å². The number of nitrogens with one attached hydrogen (secondary N) is 1. The molecule has 0 unspecified atom stereocenters. The van der Waals surface area contributed by atoms with Crippen molar-refractivity contribution in [3.8, 4) is 5.69 Å². The molecule has 7 rings (SSSR count). The third-order valence-corrected chi connectivity index (χ3v) is 7.82. The van der Waals surface area contributed by atoms with Crippen molar-refractivity contribution in [2.75, 3.05) is 10.2 Å². The number of anilines is 2. The van der Waals surface area contributed by atoms with Gasteiger partial charge in [-0.05, 0) is 67.9 Å². The zero-order valence-electron chi connectivity index (χ0n) is 21.8. The largest absolute Gasteiger partial charge is 0.337 e. The Morgan fingerprint density at radius 1 is 0.800 bits per heavy atom. The zero-order valence-corrected chi connectivity index (χ0v) is 23.4. The number of nitrogens with zero attached hydrogens (tertiary/aromatic N) is 5. The molecule has 0 amide bonds. The Morgan fingerprint density at radius 2 is 1.50 bits per heavy atom. The highest BCUT2D eigenvalue weighted by Crippen LogP contribution is 2.48. The molecule has 0 spiro atoms. The first-order valence-electron chi connectivity index (χ1n) is 13.0. The Bertz CT molecular complexity index is 1840. The molecule has 0 bridgehead atoms. The van der Waals surface area contributed by atoms with E-state index < -0.39 is 6.04 Å². The van der Waals surface area contributed by atoms with E-state index in [-0.39, 0.29) is 5.82 Å². The second kappa shape index (κ2) is 9.57. The van der Waals surface area contributed by atoms with Crippen LogP contribution < -0.4 is 10.2 Å². The van der Waals surface area contributed by atoms with Crippen LogP contribution in [0.4, 0.5) is 27.3 Å². The minimum Gasteiger partial charge on any atom is -0.337 e. The lowest BCUT2D eigenvalue weighted by atomic mass is 9.93. The van der Waals surface area contributed by atoms with Crippen LogP contribution in [0.2, 0.25) is 0 Å². The van der Waals surface area contributed by atoms with E-state index in [4.69, 9.17) is 15.1 Å². The number of rotatable bonds is 3. The van der Waals surface area contributed by atoms with Crippen molar-refractivity contribution >= 4 is 50.5 Å². The molecule has 5 aromatic rings. The lowest BCUT2D eigenvalue weighted by Crippen LogP contribution is -2.46. The van der Waals surface area contributed by atoms with Crippen molar-refractivity contribution in [3.63, 3.8) is 0 Å². The van der Waals surface area contributed by atoms with Gasteiger partial charge in [0.05, 0.1) is 28.8 Å². The highest BCUT2D eigenvalue weighted by atomic mass is 79.9. The maximum absolute atomic E-state index is 15.7. The summed E-state index contributed by atoms with van der Waals surface area (Å²) >= 11 is 3.51. The van der Waals surface area contributed by atoms with Gasteiger partial charge in [-0.15, -0.1) is 0 Å². The van der Waals surface area contributed by atoms with Gasteiger partial charge in [0.15, 0.2) is 17.5 Å². The van der Waals surface area contributed by atoms with E-state index in [0.29, 0.717) is 23.1 Å². The maximum Gasteiger partial charge on any atom is 0.179 e. The summed E-state index contributed by atoms with van der Waals surface area (Å²) in [4.78, 5) is 12.3. The van der Waals surface area contributed by atoms with E-state index in [1.54, 1.807) is 6.07 Å². The summed E-state index contributed by atoms with van der Waals surface area (Å²) in [6, 6.07) is 30.3. The van der Waals surface area contributed by atoms with Crippen LogP contribution in [0, 0.1) is 19.7 Å². The summed E-state index contributed by atoms with van der Waals surface area (Å²) in [6.45, 7) is 4.01. The summed E-state index contributed by atoms with van der Waals surface area (Å²) in [5.41, 5.74) is 6.66. The number of aliphatic imine (C=N–C) groups is 2.